The topological polar surface area (TPSA) is 88.3 Å². The highest BCUT2D eigenvalue weighted by Gasteiger charge is 2.17. The minimum absolute atomic E-state index is 0.155. The Morgan fingerprint density at radius 2 is 1.95 bits per heavy atom. The molecule has 1 aromatic carbocycles. The summed E-state index contributed by atoms with van der Waals surface area (Å²) in [5.41, 5.74) is 2.61. The average Bonchev–Trinajstić information content (AvgIpc) is 2.49. The smallest absolute Gasteiger partial charge is 0.343 e. The summed E-state index contributed by atoms with van der Waals surface area (Å²) in [4.78, 5) is 37.6. The van der Waals surface area contributed by atoms with Crippen LogP contribution in [-0.4, -0.2) is 24.0 Å². The van der Waals surface area contributed by atoms with Crippen molar-refractivity contribution in [2.75, 3.05) is 12.4 Å². The van der Waals surface area contributed by atoms with Gasteiger partial charge in [0, 0.05) is 11.8 Å². The fraction of sp³-hybridized carbons (Fsp3) is 0.188. The van der Waals surface area contributed by atoms with Crippen LogP contribution in [0.3, 0.4) is 0 Å². The van der Waals surface area contributed by atoms with Gasteiger partial charge in [-0.05, 0) is 42.2 Å². The number of fused-ring (bicyclic) bond motifs is 1. The highest BCUT2D eigenvalue weighted by atomic mass is 16.5. The zero-order valence-electron chi connectivity index (χ0n) is 11.9. The van der Waals surface area contributed by atoms with E-state index < -0.39 is 11.5 Å². The number of H-pyrrole nitrogens is 1. The molecule has 2 N–H and O–H groups in total. The van der Waals surface area contributed by atoms with Gasteiger partial charge in [0.1, 0.15) is 5.56 Å². The molecule has 1 aromatic heterocycles. The molecule has 0 aliphatic heterocycles. The van der Waals surface area contributed by atoms with Gasteiger partial charge >= 0.3 is 5.97 Å². The fourth-order valence-electron chi connectivity index (χ4n) is 2.36. The van der Waals surface area contributed by atoms with Crippen molar-refractivity contribution in [3.8, 4) is 0 Å². The molecule has 22 heavy (non-hydrogen) atoms. The number of carbonyl (C=O) groups excluding carboxylic acids is 2. The van der Waals surface area contributed by atoms with Crippen LogP contribution >= 0.6 is 0 Å². The third kappa shape index (κ3) is 2.50. The summed E-state index contributed by atoms with van der Waals surface area (Å²) in [6.07, 6.45) is 3.38. The number of amides is 1. The third-order valence-electron chi connectivity index (χ3n) is 3.70. The number of ether oxygens (including phenoxy) is 1. The number of benzene rings is 1. The number of hydrogen-bond donors (Lipinski definition) is 2. The van der Waals surface area contributed by atoms with Crippen molar-refractivity contribution < 1.29 is 14.3 Å². The maximum absolute atomic E-state index is 12.2. The molecular formula is C16H14N2O4. The summed E-state index contributed by atoms with van der Waals surface area (Å²) in [6.45, 7) is 0. The molecule has 1 amide bonds. The first-order chi connectivity index (χ1) is 10.6. The number of nitrogens with one attached hydrogen (secondary N) is 2. The van der Waals surface area contributed by atoms with Gasteiger partial charge < -0.3 is 15.0 Å². The lowest BCUT2D eigenvalue weighted by atomic mass is 9.87. The number of aromatic amines is 1. The molecule has 2 aromatic rings. The Hall–Kier alpha value is -2.89. The van der Waals surface area contributed by atoms with Gasteiger partial charge in [0.25, 0.3) is 11.5 Å². The number of esters is 1. The lowest BCUT2D eigenvalue weighted by Crippen LogP contribution is -2.21. The Bertz CT molecular complexity index is 823. The average molecular weight is 298 g/mol. The van der Waals surface area contributed by atoms with E-state index in [0.717, 1.165) is 12.8 Å². The Morgan fingerprint density at radius 3 is 2.59 bits per heavy atom. The molecule has 0 spiro atoms. The second-order valence-electron chi connectivity index (χ2n) is 5.06. The molecule has 6 nitrogen and oxygen atoms in total. The van der Waals surface area contributed by atoms with Crippen molar-refractivity contribution in [2.45, 2.75) is 12.8 Å². The first-order valence-electron chi connectivity index (χ1n) is 6.82. The van der Waals surface area contributed by atoms with E-state index in [1.807, 2.05) is 12.1 Å². The van der Waals surface area contributed by atoms with Crippen LogP contribution < -0.4 is 10.9 Å². The van der Waals surface area contributed by atoms with Gasteiger partial charge in [-0.2, -0.15) is 0 Å². The van der Waals surface area contributed by atoms with Crippen molar-refractivity contribution in [1.82, 2.24) is 4.98 Å². The SMILES string of the molecule is COC(=O)c1cc(NC(=O)c2ccc3c(c2)CC3)c[nH]c1=O. The molecule has 1 aliphatic rings. The van der Waals surface area contributed by atoms with Crippen LogP contribution in [0.1, 0.15) is 31.8 Å². The van der Waals surface area contributed by atoms with E-state index in [0.29, 0.717) is 11.3 Å². The van der Waals surface area contributed by atoms with E-state index >= 15 is 0 Å². The summed E-state index contributed by atoms with van der Waals surface area (Å²) in [7, 11) is 1.19. The summed E-state index contributed by atoms with van der Waals surface area (Å²) >= 11 is 0. The zero-order chi connectivity index (χ0) is 15.7. The highest BCUT2D eigenvalue weighted by Crippen LogP contribution is 2.24. The lowest BCUT2D eigenvalue weighted by Gasteiger charge is -2.19. The Balaban J connectivity index is 1.83. The fourth-order valence-corrected chi connectivity index (χ4v) is 2.36. The van der Waals surface area contributed by atoms with Gasteiger partial charge in [0.2, 0.25) is 0 Å². The molecule has 0 unspecified atom stereocenters. The summed E-state index contributed by atoms with van der Waals surface area (Å²) < 4.78 is 4.53. The van der Waals surface area contributed by atoms with E-state index in [1.54, 1.807) is 6.07 Å². The Labute approximate surface area is 126 Å². The van der Waals surface area contributed by atoms with Crippen LogP contribution in [-0.2, 0) is 17.6 Å². The predicted octanol–water partition coefficient (Wildman–Crippen LogP) is 1.51. The van der Waals surface area contributed by atoms with E-state index in [4.69, 9.17) is 0 Å². The summed E-state index contributed by atoms with van der Waals surface area (Å²) in [6, 6.07) is 6.87. The van der Waals surface area contributed by atoms with Gasteiger partial charge in [-0.1, -0.05) is 6.07 Å². The Kier molecular flexibility index (Phi) is 3.50. The van der Waals surface area contributed by atoms with Crippen molar-refractivity contribution in [3.63, 3.8) is 0 Å². The summed E-state index contributed by atoms with van der Waals surface area (Å²) in [5.74, 6) is -1.05. The van der Waals surface area contributed by atoms with Crippen LogP contribution in [0.25, 0.3) is 0 Å². The maximum atomic E-state index is 12.2. The van der Waals surface area contributed by atoms with Crippen molar-refractivity contribution in [3.05, 3.63) is 63.1 Å². The van der Waals surface area contributed by atoms with E-state index in [-0.39, 0.29) is 11.5 Å². The molecule has 0 radical (unpaired) electrons. The second-order valence-corrected chi connectivity index (χ2v) is 5.06. The second kappa shape index (κ2) is 5.48. The molecule has 1 heterocycles. The number of methoxy groups -OCH3 is 1. The van der Waals surface area contributed by atoms with Crippen molar-refractivity contribution in [2.24, 2.45) is 0 Å². The van der Waals surface area contributed by atoms with E-state index in [9.17, 15) is 14.4 Å². The molecule has 0 bridgehead atoms. The number of aromatic nitrogens is 1. The number of pyridine rings is 1. The van der Waals surface area contributed by atoms with Crippen LogP contribution in [0.15, 0.2) is 35.3 Å². The van der Waals surface area contributed by atoms with Gasteiger partial charge in [-0.3, -0.25) is 9.59 Å². The van der Waals surface area contributed by atoms with Gasteiger partial charge in [-0.25, -0.2) is 4.79 Å². The van der Waals surface area contributed by atoms with E-state index in [1.165, 1.54) is 30.5 Å². The Morgan fingerprint density at radius 1 is 1.18 bits per heavy atom. The largest absolute Gasteiger partial charge is 0.465 e. The molecule has 0 saturated heterocycles. The molecule has 0 saturated carbocycles. The maximum Gasteiger partial charge on any atom is 0.343 e. The minimum Gasteiger partial charge on any atom is -0.465 e. The van der Waals surface area contributed by atoms with Gasteiger partial charge in [0.05, 0.1) is 12.8 Å². The van der Waals surface area contributed by atoms with Gasteiger partial charge in [0.15, 0.2) is 0 Å². The number of carbonyl (C=O) groups is 2. The molecule has 3 rings (SSSR count). The monoisotopic (exact) mass is 298 g/mol. The van der Waals surface area contributed by atoms with Gasteiger partial charge in [-0.15, -0.1) is 0 Å². The minimum atomic E-state index is -0.751. The molecule has 6 heteroatoms. The first kappa shape index (κ1) is 14.1. The number of rotatable bonds is 3. The van der Waals surface area contributed by atoms with Crippen LogP contribution in [0, 0.1) is 0 Å². The zero-order valence-corrected chi connectivity index (χ0v) is 11.9. The quantitative estimate of drug-likeness (QED) is 0.841. The standard InChI is InChI=1S/C16H14N2O4/c1-22-16(21)13-7-12(8-17-15(13)20)18-14(19)11-5-3-9-2-4-10(9)6-11/h3,5-8H,2,4H2,1H3,(H,17,20)(H,18,19). The predicted molar refractivity (Wildman–Crippen MR) is 80.2 cm³/mol. The number of hydrogen-bond acceptors (Lipinski definition) is 4. The van der Waals surface area contributed by atoms with Crippen LogP contribution in [0.5, 0.6) is 0 Å². The highest BCUT2D eigenvalue weighted by molar-refractivity contribution is 6.05. The summed E-state index contributed by atoms with van der Waals surface area (Å²) in [5, 5.41) is 2.66. The van der Waals surface area contributed by atoms with Crippen LogP contribution in [0.4, 0.5) is 5.69 Å². The van der Waals surface area contributed by atoms with Crippen molar-refractivity contribution in [1.29, 1.82) is 0 Å². The van der Waals surface area contributed by atoms with Crippen LogP contribution in [0.2, 0.25) is 0 Å². The third-order valence-corrected chi connectivity index (χ3v) is 3.70. The molecule has 1 aliphatic carbocycles. The van der Waals surface area contributed by atoms with E-state index in [2.05, 4.69) is 15.0 Å². The molecule has 112 valence electrons. The molecule has 0 fully saturated rings. The lowest BCUT2D eigenvalue weighted by molar-refractivity contribution is 0.0598. The molecular weight excluding hydrogens is 284 g/mol. The molecule has 0 atom stereocenters. The van der Waals surface area contributed by atoms with Crippen molar-refractivity contribution >= 4 is 17.6 Å². The number of aryl methyl sites for hydroxylation is 2. The normalized spacial score (nSPS) is 12.0. The first-order valence-corrected chi connectivity index (χ1v) is 6.82. The number of anilines is 1.